The van der Waals surface area contributed by atoms with Crippen molar-refractivity contribution in [2.45, 2.75) is 38.5 Å². The summed E-state index contributed by atoms with van der Waals surface area (Å²) in [5, 5.41) is 0. The molecule has 1 fully saturated rings. The van der Waals surface area contributed by atoms with Crippen LogP contribution in [0.4, 0.5) is 0 Å². The van der Waals surface area contributed by atoms with Gasteiger partial charge >= 0.3 is 0 Å². The number of benzene rings is 1. The number of aromatic nitrogens is 3. The Morgan fingerprint density at radius 1 is 0.960 bits per heavy atom. The lowest BCUT2D eigenvalue weighted by Crippen LogP contribution is -2.30. The molecule has 0 bridgehead atoms. The molecule has 2 aromatic heterocycles. The van der Waals surface area contributed by atoms with Crippen molar-refractivity contribution in [3.63, 3.8) is 0 Å². The van der Waals surface area contributed by atoms with Gasteiger partial charge in [-0.3, -0.25) is 0 Å². The van der Waals surface area contributed by atoms with Gasteiger partial charge in [-0.1, -0.05) is 31.0 Å². The van der Waals surface area contributed by atoms with Crippen molar-refractivity contribution in [2.24, 2.45) is 7.05 Å². The Morgan fingerprint density at radius 2 is 1.68 bits per heavy atom. The molecule has 0 saturated heterocycles. The minimum atomic E-state index is 0.560. The number of nitrogens with zero attached hydrogens (tertiary/aromatic N) is 3. The first kappa shape index (κ1) is 15.9. The highest BCUT2D eigenvalue weighted by molar-refractivity contribution is 5.69. The third-order valence-electron chi connectivity index (χ3n) is 5.30. The summed E-state index contributed by atoms with van der Waals surface area (Å²) in [4.78, 5) is 9.32. The van der Waals surface area contributed by atoms with Crippen LogP contribution in [0.25, 0.3) is 22.4 Å². The van der Waals surface area contributed by atoms with Crippen molar-refractivity contribution in [1.29, 1.82) is 0 Å². The molecule has 0 unspecified atom stereocenters. The third kappa shape index (κ3) is 3.19. The van der Waals surface area contributed by atoms with E-state index < -0.39 is 0 Å². The van der Waals surface area contributed by atoms with Gasteiger partial charge in [-0.15, -0.1) is 0 Å². The molecule has 1 aliphatic rings. The normalized spacial score (nSPS) is 14.8. The first-order valence-corrected chi connectivity index (χ1v) is 9.10. The van der Waals surface area contributed by atoms with E-state index in [1.54, 1.807) is 0 Å². The SMILES string of the molecule is Cc1ccccc1-c1cc(-c2cnc(C3CCCC3)nc2)cc[n+]1C. The minimum absolute atomic E-state index is 0.560. The van der Waals surface area contributed by atoms with E-state index >= 15 is 0 Å². The lowest BCUT2D eigenvalue weighted by molar-refractivity contribution is -0.660. The van der Waals surface area contributed by atoms with Crippen LogP contribution in [0.5, 0.6) is 0 Å². The second kappa shape index (κ2) is 6.75. The third-order valence-corrected chi connectivity index (χ3v) is 5.30. The maximum absolute atomic E-state index is 4.66. The fourth-order valence-electron chi connectivity index (χ4n) is 3.76. The summed E-state index contributed by atoms with van der Waals surface area (Å²) >= 11 is 0. The zero-order valence-corrected chi connectivity index (χ0v) is 14.9. The number of aryl methyl sites for hydroxylation is 2. The highest BCUT2D eigenvalue weighted by atomic mass is 14.9. The summed E-state index contributed by atoms with van der Waals surface area (Å²) in [6.07, 6.45) is 11.2. The summed E-state index contributed by atoms with van der Waals surface area (Å²) in [5.41, 5.74) is 5.99. The van der Waals surface area contributed by atoms with Crippen molar-refractivity contribution in [1.82, 2.24) is 9.97 Å². The maximum atomic E-state index is 4.66. The monoisotopic (exact) mass is 330 g/mol. The van der Waals surface area contributed by atoms with Crippen LogP contribution in [0, 0.1) is 6.92 Å². The van der Waals surface area contributed by atoms with Gasteiger partial charge in [-0.25, -0.2) is 14.5 Å². The summed E-state index contributed by atoms with van der Waals surface area (Å²) in [7, 11) is 2.09. The molecule has 1 saturated carbocycles. The van der Waals surface area contributed by atoms with Crippen molar-refractivity contribution >= 4 is 0 Å². The Kier molecular flexibility index (Phi) is 4.31. The highest BCUT2D eigenvalue weighted by Crippen LogP contribution is 2.32. The Morgan fingerprint density at radius 3 is 2.40 bits per heavy atom. The number of pyridine rings is 1. The molecule has 3 heteroatoms. The summed E-state index contributed by atoms with van der Waals surface area (Å²) in [5.74, 6) is 1.58. The topological polar surface area (TPSA) is 29.7 Å². The Hall–Kier alpha value is -2.55. The molecule has 1 aromatic carbocycles. The van der Waals surface area contributed by atoms with E-state index in [1.165, 1.54) is 42.5 Å². The van der Waals surface area contributed by atoms with Crippen molar-refractivity contribution in [3.8, 4) is 22.4 Å². The molecule has 25 heavy (non-hydrogen) atoms. The fraction of sp³-hybridized carbons (Fsp3) is 0.318. The lowest BCUT2D eigenvalue weighted by Gasteiger charge is -2.09. The van der Waals surface area contributed by atoms with E-state index in [4.69, 9.17) is 0 Å². The molecule has 1 aliphatic carbocycles. The smallest absolute Gasteiger partial charge is 0.213 e. The van der Waals surface area contributed by atoms with E-state index in [9.17, 15) is 0 Å². The van der Waals surface area contributed by atoms with Gasteiger partial charge in [0.15, 0.2) is 6.20 Å². The van der Waals surface area contributed by atoms with Crippen LogP contribution in [0.2, 0.25) is 0 Å². The van der Waals surface area contributed by atoms with Gasteiger partial charge in [0.05, 0.1) is 0 Å². The second-order valence-electron chi connectivity index (χ2n) is 7.04. The van der Waals surface area contributed by atoms with Crippen LogP contribution in [0.3, 0.4) is 0 Å². The quantitative estimate of drug-likeness (QED) is 0.657. The van der Waals surface area contributed by atoms with Crippen LogP contribution in [-0.4, -0.2) is 9.97 Å². The summed E-state index contributed by atoms with van der Waals surface area (Å²) in [6.45, 7) is 2.15. The lowest BCUT2D eigenvalue weighted by atomic mass is 10.0. The van der Waals surface area contributed by atoms with Gasteiger partial charge in [-0.2, -0.15) is 0 Å². The van der Waals surface area contributed by atoms with Gasteiger partial charge in [0.2, 0.25) is 5.69 Å². The maximum Gasteiger partial charge on any atom is 0.213 e. The molecule has 2 heterocycles. The van der Waals surface area contributed by atoms with E-state index in [0.717, 1.165) is 17.0 Å². The van der Waals surface area contributed by atoms with Crippen LogP contribution < -0.4 is 4.57 Å². The van der Waals surface area contributed by atoms with Crippen molar-refractivity contribution in [3.05, 3.63) is 66.4 Å². The number of rotatable bonds is 3. The molecule has 0 amide bonds. The minimum Gasteiger partial charge on any atom is -0.240 e. The fourth-order valence-corrected chi connectivity index (χ4v) is 3.76. The zero-order chi connectivity index (χ0) is 17.2. The van der Waals surface area contributed by atoms with Crippen molar-refractivity contribution in [2.75, 3.05) is 0 Å². The summed E-state index contributed by atoms with van der Waals surface area (Å²) < 4.78 is 2.17. The second-order valence-corrected chi connectivity index (χ2v) is 7.04. The van der Waals surface area contributed by atoms with Crippen LogP contribution >= 0.6 is 0 Å². The van der Waals surface area contributed by atoms with E-state index in [-0.39, 0.29) is 0 Å². The van der Waals surface area contributed by atoms with Gasteiger partial charge < -0.3 is 0 Å². The molecule has 4 rings (SSSR count). The first-order chi connectivity index (χ1) is 12.2. The molecule has 3 nitrogen and oxygen atoms in total. The molecule has 0 radical (unpaired) electrons. The Balaban J connectivity index is 1.69. The molecular formula is C22H24N3+. The first-order valence-electron chi connectivity index (χ1n) is 9.10. The van der Waals surface area contributed by atoms with E-state index in [1.807, 2.05) is 12.4 Å². The van der Waals surface area contributed by atoms with Crippen molar-refractivity contribution < 1.29 is 4.57 Å². The van der Waals surface area contributed by atoms with Gasteiger partial charge in [0.25, 0.3) is 0 Å². The Labute approximate surface area is 149 Å². The van der Waals surface area contributed by atoms with Crippen LogP contribution in [0.1, 0.15) is 43.0 Å². The van der Waals surface area contributed by atoms with E-state index in [0.29, 0.717) is 5.92 Å². The molecule has 0 atom stereocenters. The zero-order valence-electron chi connectivity index (χ0n) is 14.9. The van der Waals surface area contributed by atoms with Crippen LogP contribution in [0.15, 0.2) is 55.0 Å². The highest BCUT2D eigenvalue weighted by Gasteiger charge is 2.20. The molecule has 0 spiro atoms. The molecular weight excluding hydrogens is 306 g/mol. The number of hydrogen-bond donors (Lipinski definition) is 0. The molecule has 126 valence electrons. The van der Waals surface area contributed by atoms with Gasteiger partial charge in [0.1, 0.15) is 12.9 Å². The molecule has 0 N–H and O–H groups in total. The van der Waals surface area contributed by atoms with Crippen LogP contribution in [-0.2, 0) is 7.05 Å². The van der Waals surface area contributed by atoms with E-state index in [2.05, 4.69) is 71.1 Å². The predicted molar refractivity (Wildman–Crippen MR) is 100 cm³/mol. The Bertz CT molecular complexity index is 878. The number of hydrogen-bond acceptors (Lipinski definition) is 2. The standard InChI is InChI=1S/C22H24N3/c1-16-7-3-6-10-20(16)21-13-18(11-12-25(21)2)19-14-23-22(24-15-19)17-8-4-5-9-17/h3,6-7,10-15,17H,4-5,8-9H2,1-2H3/q+1. The molecule has 0 aliphatic heterocycles. The predicted octanol–water partition coefficient (Wildman–Crippen LogP) is 4.60. The average molecular weight is 330 g/mol. The van der Waals surface area contributed by atoms with Gasteiger partial charge in [0, 0.05) is 41.6 Å². The van der Waals surface area contributed by atoms with Gasteiger partial charge in [-0.05, 0) is 37.0 Å². The largest absolute Gasteiger partial charge is 0.240 e. The molecule has 3 aromatic rings. The summed E-state index contributed by atoms with van der Waals surface area (Å²) in [6, 6.07) is 12.9. The average Bonchev–Trinajstić information content (AvgIpc) is 3.18.